The summed E-state index contributed by atoms with van der Waals surface area (Å²) in [6.45, 7) is 5.68. The molecule has 3 atom stereocenters. The van der Waals surface area contributed by atoms with Gasteiger partial charge in [-0.15, -0.1) is 0 Å². The first-order valence-corrected chi connectivity index (χ1v) is 13.9. The SMILES string of the molecule is CC(C)CNS(=O)(=O)Cc1ccccc1.c1ccc2c(c1)C[C@H]1NCC[C@@]23CCCC[C@@H]13. The second-order valence-electron chi connectivity index (χ2n) is 10.2. The largest absolute Gasteiger partial charge is 0.313 e. The second-order valence-corrected chi connectivity index (χ2v) is 12.0. The Morgan fingerprint density at radius 2 is 1.78 bits per heavy atom. The summed E-state index contributed by atoms with van der Waals surface area (Å²) in [5.74, 6) is 1.30. The van der Waals surface area contributed by atoms with Crippen molar-refractivity contribution in [2.75, 3.05) is 13.1 Å². The fourth-order valence-corrected chi connectivity index (χ4v) is 7.35. The molecule has 2 aromatic carbocycles. The molecule has 1 aliphatic heterocycles. The molecule has 1 saturated carbocycles. The third kappa shape index (κ3) is 5.27. The molecule has 0 amide bonds. The van der Waals surface area contributed by atoms with E-state index in [2.05, 4.69) is 34.3 Å². The standard InChI is InChI=1S/C16H21N.C11H17NO2S/c1-2-6-13-12(5-1)11-15-14-7-3-4-8-16(13,14)9-10-17-15;1-10(2)8-12-15(13,14)9-11-6-4-3-5-7-11/h1-2,5-6,14-15,17H,3-4,7-11H2;3-7,10,12H,8-9H2,1-2H3/t14-,15+,16-;/m0./s1. The van der Waals surface area contributed by atoms with Crippen LogP contribution in [0.1, 0.15) is 62.6 Å². The van der Waals surface area contributed by atoms with Crippen LogP contribution in [0.5, 0.6) is 0 Å². The molecule has 0 spiro atoms. The van der Waals surface area contributed by atoms with Gasteiger partial charge in [-0.25, -0.2) is 13.1 Å². The zero-order valence-electron chi connectivity index (χ0n) is 19.5. The topological polar surface area (TPSA) is 58.2 Å². The van der Waals surface area contributed by atoms with E-state index in [4.69, 9.17) is 0 Å². The van der Waals surface area contributed by atoms with E-state index in [1.165, 1.54) is 45.1 Å². The molecule has 0 aromatic heterocycles. The van der Waals surface area contributed by atoms with Crippen molar-refractivity contribution >= 4 is 10.0 Å². The maximum atomic E-state index is 11.6. The summed E-state index contributed by atoms with van der Waals surface area (Å²) in [5, 5.41) is 3.79. The lowest BCUT2D eigenvalue weighted by molar-refractivity contribution is 0.0798. The number of benzene rings is 2. The highest BCUT2D eigenvalue weighted by molar-refractivity contribution is 7.88. The van der Waals surface area contributed by atoms with Crippen LogP contribution in [0, 0.1) is 11.8 Å². The maximum absolute atomic E-state index is 11.6. The van der Waals surface area contributed by atoms with E-state index in [0.717, 1.165) is 17.5 Å². The Hall–Kier alpha value is -1.69. The Bertz CT molecular complexity index is 986. The average molecular weight is 455 g/mol. The molecule has 4 nitrogen and oxygen atoms in total. The summed E-state index contributed by atoms with van der Waals surface area (Å²) in [6, 6.07) is 19.2. The Morgan fingerprint density at radius 3 is 2.56 bits per heavy atom. The molecular weight excluding hydrogens is 416 g/mol. The first kappa shape index (κ1) is 23.5. The minimum Gasteiger partial charge on any atom is -0.313 e. The normalized spacial score (nSPS) is 26.5. The number of piperidine rings is 1. The molecule has 32 heavy (non-hydrogen) atoms. The van der Waals surface area contributed by atoms with Crippen molar-refractivity contribution in [2.24, 2.45) is 11.8 Å². The van der Waals surface area contributed by atoms with E-state index in [9.17, 15) is 8.42 Å². The van der Waals surface area contributed by atoms with E-state index in [1.54, 1.807) is 11.1 Å². The monoisotopic (exact) mass is 454 g/mol. The van der Waals surface area contributed by atoms with Gasteiger partial charge < -0.3 is 5.32 Å². The van der Waals surface area contributed by atoms with Crippen molar-refractivity contribution in [3.8, 4) is 0 Å². The number of hydrogen-bond acceptors (Lipinski definition) is 3. The Kier molecular flexibility index (Phi) is 7.38. The van der Waals surface area contributed by atoms with Gasteiger partial charge in [0.25, 0.3) is 0 Å². The average Bonchev–Trinajstić information content (AvgIpc) is 2.79. The number of fused-ring (bicyclic) bond motifs is 1. The summed E-state index contributed by atoms with van der Waals surface area (Å²) in [5.41, 5.74) is 4.70. The van der Waals surface area contributed by atoms with Crippen LogP contribution in [-0.2, 0) is 27.6 Å². The van der Waals surface area contributed by atoms with Crippen molar-refractivity contribution in [3.05, 3.63) is 71.3 Å². The second kappa shape index (κ2) is 10.1. The van der Waals surface area contributed by atoms with Gasteiger partial charge in [0.15, 0.2) is 0 Å². The van der Waals surface area contributed by atoms with Crippen LogP contribution in [-0.4, -0.2) is 27.5 Å². The highest BCUT2D eigenvalue weighted by atomic mass is 32.2. The molecule has 2 aliphatic carbocycles. The summed E-state index contributed by atoms with van der Waals surface area (Å²) in [4.78, 5) is 0. The molecule has 0 unspecified atom stereocenters. The van der Waals surface area contributed by atoms with Crippen LogP contribution in [0.2, 0.25) is 0 Å². The van der Waals surface area contributed by atoms with E-state index in [-0.39, 0.29) is 5.75 Å². The highest BCUT2D eigenvalue weighted by Gasteiger charge is 2.51. The minimum absolute atomic E-state index is 0.0561. The molecule has 2 bridgehead atoms. The molecule has 2 aromatic rings. The third-order valence-corrected chi connectivity index (χ3v) is 8.79. The smallest absolute Gasteiger partial charge is 0.215 e. The molecule has 1 saturated heterocycles. The summed E-state index contributed by atoms with van der Waals surface area (Å²) in [7, 11) is -3.18. The van der Waals surface area contributed by atoms with Crippen LogP contribution in [0.3, 0.4) is 0 Å². The highest BCUT2D eigenvalue weighted by Crippen LogP contribution is 2.53. The van der Waals surface area contributed by atoms with E-state index < -0.39 is 10.0 Å². The summed E-state index contributed by atoms with van der Waals surface area (Å²) < 4.78 is 25.8. The van der Waals surface area contributed by atoms with Crippen LogP contribution in [0.4, 0.5) is 0 Å². The Morgan fingerprint density at radius 1 is 1.03 bits per heavy atom. The molecule has 2 fully saturated rings. The predicted molar refractivity (Wildman–Crippen MR) is 132 cm³/mol. The molecule has 5 heteroatoms. The number of sulfonamides is 1. The zero-order valence-corrected chi connectivity index (χ0v) is 20.3. The number of hydrogen-bond donors (Lipinski definition) is 2. The first-order valence-electron chi connectivity index (χ1n) is 12.2. The fraction of sp³-hybridized carbons (Fsp3) is 0.556. The lowest BCUT2D eigenvalue weighted by Gasteiger charge is -2.56. The van der Waals surface area contributed by atoms with Crippen molar-refractivity contribution in [3.63, 3.8) is 0 Å². The fourth-order valence-electron chi connectivity index (χ4n) is 6.03. The first-order chi connectivity index (χ1) is 15.4. The lowest BCUT2D eigenvalue weighted by Crippen LogP contribution is -2.59. The van der Waals surface area contributed by atoms with Crippen molar-refractivity contribution in [1.82, 2.24) is 10.0 Å². The van der Waals surface area contributed by atoms with Gasteiger partial charge in [0.2, 0.25) is 10.0 Å². The van der Waals surface area contributed by atoms with Gasteiger partial charge in [-0.3, -0.25) is 0 Å². The van der Waals surface area contributed by atoms with Gasteiger partial charge in [-0.05, 0) is 60.8 Å². The molecule has 174 valence electrons. The summed E-state index contributed by atoms with van der Waals surface area (Å²) >= 11 is 0. The quantitative estimate of drug-likeness (QED) is 0.683. The van der Waals surface area contributed by atoms with E-state index in [1.807, 2.05) is 44.2 Å². The van der Waals surface area contributed by atoms with Gasteiger partial charge >= 0.3 is 0 Å². The van der Waals surface area contributed by atoms with E-state index >= 15 is 0 Å². The number of nitrogens with one attached hydrogen (secondary N) is 2. The molecule has 0 radical (unpaired) electrons. The van der Waals surface area contributed by atoms with Crippen molar-refractivity contribution in [2.45, 2.75) is 69.6 Å². The van der Waals surface area contributed by atoms with Gasteiger partial charge in [-0.1, -0.05) is 81.3 Å². The third-order valence-electron chi connectivity index (χ3n) is 7.47. The molecule has 2 N–H and O–H groups in total. The van der Waals surface area contributed by atoms with Gasteiger partial charge in [0.05, 0.1) is 5.75 Å². The number of rotatable bonds is 5. The van der Waals surface area contributed by atoms with Gasteiger partial charge in [-0.2, -0.15) is 0 Å². The minimum atomic E-state index is -3.18. The zero-order chi connectivity index (χ0) is 22.6. The van der Waals surface area contributed by atoms with Crippen molar-refractivity contribution in [1.29, 1.82) is 0 Å². The predicted octanol–water partition coefficient (Wildman–Crippen LogP) is 4.79. The maximum Gasteiger partial charge on any atom is 0.215 e. The summed E-state index contributed by atoms with van der Waals surface area (Å²) in [6.07, 6.45) is 8.41. The lowest BCUT2D eigenvalue weighted by atomic mass is 9.53. The van der Waals surface area contributed by atoms with Crippen LogP contribution >= 0.6 is 0 Å². The molecular formula is C27H38N2O2S. The van der Waals surface area contributed by atoms with E-state index in [0.29, 0.717) is 17.9 Å². The van der Waals surface area contributed by atoms with Crippen LogP contribution in [0.25, 0.3) is 0 Å². The van der Waals surface area contributed by atoms with Gasteiger partial charge in [0.1, 0.15) is 0 Å². The Balaban J connectivity index is 0.000000155. The molecule has 5 rings (SSSR count). The molecule has 3 aliphatic rings. The van der Waals surface area contributed by atoms with Crippen molar-refractivity contribution < 1.29 is 8.42 Å². The Labute approximate surface area is 194 Å². The van der Waals surface area contributed by atoms with Crippen LogP contribution < -0.4 is 10.0 Å². The van der Waals surface area contributed by atoms with Crippen LogP contribution in [0.15, 0.2) is 54.6 Å². The van der Waals surface area contributed by atoms with Gasteiger partial charge in [0, 0.05) is 18.0 Å². The molecule has 1 heterocycles.